The predicted octanol–water partition coefficient (Wildman–Crippen LogP) is 2.10. The van der Waals surface area contributed by atoms with E-state index in [4.69, 9.17) is 16.7 Å². The molecule has 1 aromatic rings. The fourth-order valence-corrected chi connectivity index (χ4v) is 1.48. The van der Waals surface area contributed by atoms with Gasteiger partial charge in [0.1, 0.15) is 0 Å². The predicted molar refractivity (Wildman–Crippen MR) is 55.8 cm³/mol. The molecular formula is C10H12ClNO2. The minimum Gasteiger partial charge on any atom is -0.478 e. The monoisotopic (exact) mass is 213 g/mol. The standard InChI is InChI=1S/C10H12ClNO2/c1-12(2)6-7-3-4-8(10(13)14)9(11)5-7/h3-5H,6H2,1-2H3,(H,13,14). The van der Waals surface area contributed by atoms with Crippen LogP contribution in [0.2, 0.25) is 5.02 Å². The van der Waals surface area contributed by atoms with Crippen LogP contribution >= 0.6 is 11.6 Å². The molecule has 1 N–H and O–H groups in total. The van der Waals surface area contributed by atoms with Crippen LogP contribution in [0.15, 0.2) is 18.2 Å². The summed E-state index contributed by atoms with van der Waals surface area (Å²) >= 11 is 5.81. The number of carbonyl (C=O) groups is 1. The Morgan fingerprint density at radius 2 is 2.14 bits per heavy atom. The third kappa shape index (κ3) is 2.72. The summed E-state index contributed by atoms with van der Waals surface area (Å²) in [7, 11) is 3.89. The zero-order chi connectivity index (χ0) is 10.7. The van der Waals surface area contributed by atoms with E-state index >= 15 is 0 Å². The number of hydrogen-bond acceptors (Lipinski definition) is 2. The van der Waals surface area contributed by atoms with Crippen molar-refractivity contribution < 1.29 is 9.90 Å². The molecule has 0 fully saturated rings. The zero-order valence-corrected chi connectivity index (χ0v) is 8.88. The lowest BCUT2D eigenvalue weighted by atomic mass is 10.1. The van der Waals surface area contributed by atoms with E-state index in [2.05, 4.69) is 0 Å². The lowest BCUT2D eigenvalue weighted by Gasteiger charge is -2.10. The summed E-state index contributed by atoms with van der Waals surface area (Å²) in [6, 6.07) is 4.99. The fourth-order valence-electron chi connectivity index (χ4n) is 1.20. The second-order valence-corrected chi connectivity index (χ2v) is 3.76. The number of nitrogens with zero attached hydrogens (tertiary/aromatic N) is 1. The number of rotatable bonds is 3. The topological polar surface area (TPSA) is 40.5 Å². The maximum absolute atomic E-state index is 10.7. The van der Waals surface area contributed by atoms with Gasteiger partial charge in [0, 0.05) is 6.54 Å². The molecule has 0 saturated carbocycles. The first-order valence-corrected chi connectivity index (χ1v) is 4.55. The molecule has 0 heterocycles. The van der Waals surface area contributed by atoms with Crippen molar-refractivity contribution in [2.75, 3.05) is 14.1 Å². The van der Waals surface area contributed by atoms with Crippen molar-refractivity contribution in [3.63, 3.8) is 0 Å². The summed E-state index contributed by atoms with van der Waals surface area (Å²) < 4.78 is 0. The second kappa shape index (κ2) is 4.44. The van der Waals surface area contributed by atoms with Crippen LogP contribution in [0.25, 0.3) is 0 Å². The SMILES string of the molecule is CN(C)Cc1ccc(C(=O)O)c(Cl)c1. The Bertz CT molecular complexity index is 350. The van der Waals surface area contributed by atoms with Crippen molar-refractivity contribution >= 4 is 17.6 Å². The average Bonchev–Trinajstić information content (AvgIpc) is 2.01. The summed E-state index contributed by atoms with van der Waals surface area (Å²) in [6.45, 7) is 0.750. The minimum atomic E-state index is -0.994. The quantitative estimate of drug-likeness (QED) is 0.836. The van der Waals surface area contributed by atoms with Crippen LogP contribution in [0.5, 0.6) is 0 Å². The van der Waals surface area contributed by atoms with Crippen LogP contribution < -0.4 is 0 Å². The normalized spacial score (nSPS) is 10.6. The molecule has 0 aromatic heterocycles. The van der Waals surface area contributed by atoms with E-state index in [-0.39, 0.29) is 10.6 Å². The zero-order valence-electron chi connectivity index (χ0n) is 8.12. The molecule has 0 radical (unpaired) electrons. The lowest BCUT2D eigenvalue weighted by Crippen LogP contribution is -2.11. The summed E-state index contributed by atoms with van der Waals surface area (Å²) in [4.78, 5) is 12.7. The van der Waals surface area contributed by atoms with Gasteiger partial charge in [0.25, 0.3) is 0 Å². The Morgan fingerprint density at radius 1 is 1.50 bits per heavy atom. The highest BCUT2D eigenvalue weighted by Gasteiger charge is 2.08. The minimum absolute atomic E-state index is 0.147. The molecule has 14 heavy (non-hydrogen) atoms. The average molecular weight is 214 g/mol. The van der Waals surface area contributed by atoms with Gasteiger partial charge in [-0.05, 0) is 31.8 Å². The van der Waals surface area contributed by atoms with Gasteiger partial charge in [-0.25, -0.2) is 4.79 Å². The molecular weight excluding hydrogens is 202 g/mol. The number of carboxylic acids is 1. The highest BCUT2D eigenvalue weighted by molar-refractivity contribution is 6.33. The maximum atomic E-state index is 10.7. The first-order valence-electron chi connectivity index (χ1n) is 4.17. The van der Waals surface area contributed by atoms with Crippen LogP contribution in [0, 0.1) is 0 Å². The molecule has 0 amide bonds. The highest BCUT2D eigenvalue weighted by atomic mass is 35.5. The Kier molecular flexibility index (Phi) is 3.49. The summed E-state index contributed by atoms with van der Waals surface area (Å²) in [6.07, 6.45) is 0. The molecule has 0 aliphatic heterocycles. The molecule has 0 bridgehead atoms. The van der Waals surface area contributed by atoms with Gasteiger partial charge in [0.05, 0.1) is 10.6 Å². The Morgan fingerprint density at radius 3 is 2.57 bits per heavy atom. The Labute approximate surface area is 87.9 Å². The van der Waals surface area contributed by atoms with Gasteiger partial charge in [0.2, 0.25) is 0 Å². The van der Waals surface area contributed by atoms with Gasteiger partial charge in [-0.1, -0.05) is 17.7 Å². The van der Waals surface area contributed by atoms with E-state index < -0.39 is 5.97 Å². The van der Waals surface area contributed by atoms with Gasteiger partial charge < -0.3 is 10.0 Å². The molecule has 0 atom stereocenters. The van der Waals surface area contributed by atoms with Gasteiger partial charge >= 0.3 is 5.97 Å². The third-order valence-electron chi connectivity index (χ3n) is 1.76. The smallest absolute Gasteiger partial charge is 0.337 e. The molecule has 0 saturated heterocycles. The molecule has 0 unspecified atom stereocenters. The Hall–Kier alpha value is -1.06. The van der Waals surface area contributed by atoms with Crippen molar-refractivity contribution in [2.45, 2.75) is 6.54 Å². The van der Waals surface area contributed by atoms with E-state index in [1.807, 2.05) is 19.0 Å². The van der Waals surface area contributed by atoms with Crippen LogP contribution in [-0.4, -0.2) is 30.1 Å². The molecule has 3 nitrogen and oxygen atoms in total. The molecule has 0 aliphatic carbocycles. The van der Waals surface area contributed by atoms with E-state index in [0.717, 1.165) is 12.1 Å². The third-order valence-corrected chi connectivity index (χ3v) is 2.08. The number of carboxylic acid groups (broad SMARTS) is 1. The molecule has 1 aromatic carbocycles. The number of hydrogen-bond donors (Lipinski definition) is 1. The molecule has 1 rings (SSSR count). The van der Waals surface area contributed by atoms with Crippen molar-refractivity contribution in [1.29, 1.82) is 0 Å². The first kappa shape index (κ1) is 11.0. The highest BCUT2D eigenvalue weighted by Crippen LogP contribution is 2.18. The Balaban J connectivity index is 2.94. The molecule has 76 valence electrons. The number of benzene rings is 1. The van der Waals surface area contributed by atoms with Crippen molar-refractivity contribution in [3.05, 3.63) is 34.3 Å². The van der Waals surface area contributed by atoms with Gasteiger partial charge in [-0.2, -0.15) is 0 Å². The molecule has 4 heteroatoms. The summed E-state index contributed by atoms with van der Waals surface area (Å²) in [5, 5.41) is 9.03. The van der Waals surface area contributed by atoms with E-state index in [1.54, 1.807) is 12.1 Å². The molecule has 0 spiro atoms. The van der Waals surface area contributed by atoms with Gasteiger partial charge in [-0.3, -0.25) is 0 Å². The second-order valence-electron chi connectivity index (χ2n) is 3.36. The fraction of sp³-hybridized carbons (Fsp3) is 0.300. The van der Waals surface area contributed by atoms with Crippen molar-refractivity contribution in [2.24, 2.45) is 0 Å². The van der Waals surface area contributed by atoms with Crippen LogP contribution in [0.4, 0.5) is 0 Å². The maximum Gasteiger partial charge on any atom is 0.337 e. The first-order chi connectivity index (χ1) is 6.50. The van der Waals surface area contributed by atoms with E-state index in [0.29, 0.717) is 0 Å². The van der Waals surface area contributed by atoms with Crippen molar-refractivity contribution in [3.8, 4) is 0 Å². The largest absolute Gasteiger partial charge is 0.478 e. The van der Waals surface area contributed by atoms with Gasteiger partial charge in [0.15, 0.2) is 0 Å². The lowest BCUT2D eigenvalue weighted by molar-refractivity contribution is 0.0697. The number of aromatic carboxylic acids is 1. The summed E-state index contributed by atoms with van der Waals surface area (Å²) in [5.74, 6) is -0.994. The van der Waals surface area contributed by atoms with Crippen LogP contribution in [0.1, 0.15) is 15.9 Å². The van der Waals surface area contributed by atoms with Crippen LogP contribution in [0.3, 0.4) is 0 Å². The van der Waals surface area contributed by atoms with E-state index in [1.165, 1.54) is 6.07 Å². The van der Waals surface area contributed by atoms with E-state index in [9.17, 15) is 4.79 Å². The van der Waals surface area contributed by atoms with Crippen LogP contribution in [-0.2, 0) is 6.54 Å². The van der Waals surface area contributed by atoms with Gasteiger partial charge in [-0.15, -0.1) is 0 Å². The number of halogens is 1. The molecule has 0 aliphatic rings. The van der Waals surface area contributed by atoms with Crippen molar-refractivity contribution in [1.82, 2.24) is 4.90 Å². The summed E-state index contributed by atoms with van der Waals surface area (Å²) in [5.41, 5.74) is 1.15.